The number of aliphatic imine (C=N–C) groups is 1. The summed E-state index contributed by atoms with van der Waals surface area (Å²) in [6.07, 6.45) is 2.89. The van der Waals surface area contributed by atoms with E-state index in [9.17, 15) is 4.79 Å². The Hall–Kier alpha value is -1.90. The van der Waals surface area contributed by atoms with Crippen LogP contribution in [0.2, 0.25) is 5.02 Å². The minimum Gasteiger partial charge on any atom is -0.383 e. The molecule has 3 N–H and O–H groups in total. The zero-order valence-electron chi connectivity index (χ0n) is 14.0. The van der Waals surface area contributed by atoms with Gasteiger partial charge in [0.2, 0.25) is 5.95 Å². The standard InChI is InChI=1S/C17H17BrClN5O2/c1-8-2-9(18)3-13(19)14(8)21-5-12-15(20)22-17(23-16(12)25)24-6-10-4-11(7-24)26-10/h2-3,5,10-11H,4,6-7H2,1H3,(H3,20,22,23,25). The lowest BCUT2D eigenvalue weighted by atomic mass is 9.99. The van der Waals surface area contributed by atoms with Crippen LogP contribution in [0.25, 0.3) is 0 Å². The maximum Gasteiger partial charge on any atom is 0.263 e. The quantitative estimate of drug-likeness (QED) is 0.718. The zero-order valence-corrected chi connectivity index (χ0v) is 16.3. The van der Waals surface area contributed by atoms with E-state index in [0.29, 0.717) is 29.7 Å². The molecule has 0 aliphatic carbocycles. The third-order valence-electron chi connectivity index (χ3n) is 4.57. The molecule has 1 aromatic carbocycles. The number of hydrogen-bond donors (Lipinski definition) is 2. The first-order valence-electron chi connectivity index (χ1n) is 8.20. The molecule has 2 bridgehead atoms. The molecule has 0 radical (unpaired) electrons. The first-order valence-corrected chi connectivity index (χ1v) is 9.37. The summed E-state index contributed by atoms with van der Waals surface area (Å²) in [4.78, 5) is 26.0. The van der Waals surface area contributed by atoms with Crippen molar-refractivity contribution in [3.63, 3.8) is 0 Å². The number of piperidine rings is 1. The van der Waals surface area contributed by atoms with Crippen molar-refractivity contribution < 1.29 is 4.74 Å². The summed E-state index contributed by atoms with van der Waals surface area (Å²) in [5, 5.41) is 0.486. The summed E-state index contributed by atoms with van der Waals surface area (Å²) in [5.74, 6) is 0.610. The van der Waals surface area contributed by atoms with Crippen molar-refractivity contribution in [3.8, 4) is 0 Å². The largest absolute Gasteiger partial charge is 0.383 e. The Balaban J connectivity index is 1.62. The first-order chi connectivity index (χ1) is 12.4. The fraction of sp³-hybridized carbons (Fsp3) is 0.353. The highest BCUT2D eigenvalue weighted by atomic mass is 79.9. The van der Waals surface area contributed by atoms with Gasteiger partial charge in [-0.2, -0.15) is 4.98 Å². The first kappa shape index (κ1) is 17.5. The Bertz CT molecular complexity index is 922. The van der Waals surface area contributed by atoms with E-state index in [1.54, 1.807) is 6.07 Å². The number of nitrogens with one attached hydrogen (secondary N) is 1. The highest BCUT2D eigenvalue weighted by Gasteiger charge is 2.39. The molecule has 0 saturated carbocycles. The molecule has 3 saturated heterocycles. The summed E-state index contributed by atoms with van der Waals surface area (Å²) in [5.41, 5.74) is 7.37. The number of aryl methyl sites for hydroxylation is 1. The van der Waals surface area contributed by atoms with Gasteiger partial charge in [0.25, 0.3) is 5.56 Å². The third-order valence-corrected chi connectivity index (χ3v) is 5.32. The van der Waals surface area contributed by atoms with Crippen LogP contribution in [-0.4, -0.2) is 41.5 Å². The Kier molecular flexibility index (Phi) is 4.50. The van der Waals surface area contributed by atoms with Crippen molar-refractivity contribution in [3.05, 3.63) is 43.1 Å². The number of anilines is 2. The number of fused-ring (bicyclic) bond motifs is 2. The number of morpholine rings is 1. The van der Waals surface area contributed by atoms with Gasteiger partial charge in [-0.25, -0.2) is 0 Å². The molecule has 3 fully saturated rings. The van der Waals surface area contributed by atoms with E-state index in [4.69, 9.17) is 22.1 Å². The van der Waals surface area contributed by atoms with Gasteiger partial charge in [0.1, 0.15) is 11.4 Å². The normalized spacial score (nSPS) is 21.9. The fourth-order valence-corrected chi connectivity index (χ4v) is 4.30. The van der Waals surface area contributed by atoms with Gasteiger partial charge >= 0.3 is 0 Å². The highest BCUT2D eigenvalue weighted by molar-refractivity contribution is 9.10. The smallest absolute Gasteiger partial charge is 0.263 e. The second-order valence-corrected chi connectivity index (χ2v) is 7.84. The van der Waals surface area contributed by atoms with Gasteiger partial charge in [-0.1, -0.05) is 27.5 Å². The molecule has 1 aromatic heterocycles. The molecule has 3 aliphatic heterocycles. The second kappa shape index (κ2) is 6.68. The summed E-state index contributed by atoms with van der Waals surface area (Å²) < 4.78 is 6.47. The van der Waals surface area contributed by atoms with E-state index in [0.717, 1.165) is 16.5 Å². The van der Waals surface area contributed by atoms with E-state index >= 15 is 0 Å². The molecular weight excluding hydrogens is 422 g/mol. The molecule has 0 spiro atoms. The molecule has 0 amide bonds. The van der Waals surface area contributed by atoms with Crippen molar-refractivity contribution in [1.29, 1.82) is 0 Å². The third kappa shape index (κ3) is 3.24. The van der Waals surface area contributed by atoms with E-state index in [-0.39, 0.29) is 29.1 Å². The molecule has 5 rings (SSSR count). The van der Waals surface area contributed by atoms with Crippen LogP contribution in [-0.2, 0) is 4.74 Å². The predicted molar refractivity (Wildman–Crippen MR) is 106 cm³/mol. The number of nitrogen functional groups attached to an aromatic ring is 1. The number of ether oxygens (including phenoxy) is 1. The SMILES string of the molecule is Cc1cc(Br)cc(Cl)c1N=Cc1c(N)nc(N2CC3CC(C2)O3)[nH]c1=O. The Labute approximate surface area is 163 Å². The maximum absolute atomic E-state index is 12.5. The maximum atomic E-state index is 12.5. The van der Waals surface area contributed by atoms with Crippen LogP contribution in [0.15, 0.2) is 26.4 Å². The van der Waals surface area contributed by atoms with E-state index in [2.05, 4.69) is 30.9 Å². The summed E-state index contributed by atoms with van der Waals surface area (Å²) in [6.45, 7) is 3.31. The van der Waals surface area contributed by atoms with E-state index in [1.165, 1.54) is 6.21 Å². The van der Waals surface area contributed by atoms with Crippen LogP contribution in [0.3, 0.4) is 0 Å². The topological polar surface area (TPSA) is 96.6 Å². The molecule has 2 aromatic rings. The monoisotopic (exact) mass is 437 g/mol. The lowest BCUT2D eigenvalue weighted by Gasteiger charge is -2.47. The van der Waals surface area contributed by atoms with E-state index in [1.807, 2.05) is 17.9 Å². The predicted octanol–water partition coefficient (Wildman–Crippen LogP) is 2.80. The van der Waals surface area contributed by atoms with Crippen LogP contribution in [0.1, 0.15) is 17.5 Å². The van der Waals surface area contributed by atoms with Crippen LogP contribution in [0.4, 0.5) is 17.5 Å². The molecule has 2 unspecified atom stereocenters. The van der Waals surface area contributed by atoms with Gasteiger partial charge in [-0.15, -0.1) is 0 Å². The minimum absolute atomic E-state index is 0.138. The lowest BCUT2D eigenvalue weighted by Crippen LogP contribution is -2.58. The van der Waals surface area contributed by atoms with E-state index < -0.39 is 0 Å². The number of rotatable bonds is 3. The lowest BCUT2D eigenvalue weighted by molar-refractivity contribution is -0.133. The molecular formula is C17H17BrClN5O2. The zero-order chi connectivity index (χ0) is 18.4. The van der Waals surface area contributed by atoms with Crippen molar-refractivity contribution in [2.45, 2.75) is 25.6 Å². The number of halogens is 2. The number of nitrogens with two attached hydrogens (primary N) is 1. The van der Waals surface area contributed by atoms with Gasteiger partial charge in [0.05, 0.1) is 22.9 Å². The fourth-order valence-electron chi connectivity index (χ4n) is 3.28. The number of hydrogen-bond acceptors (Lipinski definition) is 6. The van der Waals surface area contributed by atoms with Gasteiger partial charge < -0.3 is 15.4 Å². The molecule has 136 valence electrons. The average molecular weight is 439 g/mol. The second-order valence-electron chi connectivity index (χ2n) is 6.52. The summed E-state index contributed by atoms with van der Waals surface area (Å²) >= 11 is 9.61. The summed E-state index contributed by atoms with van der Waals surface area (Å²) in [7, 11) is 0. The van der Waals surface area contributed by atoms with Gasteiger partial charge in [-0.05, 0) is 24.6 Å². The van der Waals surface area contributed by atoms with Crippen molar-refractivity contribution in [1.82, 2.24) is 9.97 Å². The van der Waals surface area contributed by atoms with Gasteiger partial charge in [-0.3, -0.25) is 14.8 Å². The number of nitrogens with zero attached hydrogens (tertiary/aromatic N) is 3. The molecule has 4 heterocycles. The molecule has 9 heteroatoms. The minimum atomic E-state index is -0.331. The van der Waals surface area contributed by atoms with Crippen LogP contribution in [0, 0.1) is 6.92 Å². The van der Waals surface area contributed by atoms with Crippen molar-refractivity contribution in [2.75, 3.05) is 23.7 Å². The van der Waals surface area contributed by atoms with Crippen molar-refractivity contribution in [2.24, 2.45) is 4.99 Å². The molecule has 7 nitrogen and oxygen atoms in total. The van der Waals surface area contributed by atoms with Crippen molar-refractivity contribution >= 4 is 51.2 Å². The molecule has 2 atom stereocenters. The summed E-state index contributed by atoms with van der Waals surface area (Å²) in [6, 6.07) is 3.65. The Morgan fingerprint density at radius 2 is 2.15 bits per heavy atom. The van der Waals surface area contributed by atoms with Crippen LogP contribution in [0.5, 0.6) is 0 Å². The van der Waals surface area contributed by atoms with Gasteiger partial charge in [0.15, 0.2) is 0 Å². The number of aromatic amines is 1. The highest BCUT2D eigenvalue weighted by Crippen LogP contribution is 2.32. The Morgan fingerprint density at radius 3 is 2.77 bits per heavy atom. The number of benzene rings is 1. The molecule has 3 aliphatic rings. The van der Waals surface area contributed by atoms with Crippen LogP contribution >= 0.6 is 27.5 Å². The number of H-pyrrole nitrogens is 1. The number of aromatic nitrogens is 2. The van der Waals surface area contributed by atoms with Crippen LogP contribution < -0.4 is 16.2 Å². The average Bonchev–Trinajstić information content (AvgIpc) is 2.55. The Morgan fingerprint density at radius 1 is 1.46 bits per heavy atom. The van der Waals surface area contributed by atoms with Gasteiger partial charge in [0, 0.05) is 30.2 Å². The molecule has 26 heavy (non-hydrogen) atoms.